The zero-order valence-corrected chi connectivity index (χ0v) is 18.1. The standard InChI is InChI=1S/C29H25N2/c1-20-12-7-9-17-24(20)29-28(23-14-5-4-6-15-23)30-27(21(2)31(29)3)26-19-11-16-22-13-8-10-18-25(22)26/h4-19H,1-3H3/q+1. The average Bonchev–Trinajstić information content (AvgIpc) is 2.82. The summed E-state index contributed by atoms with van der Waals surface area (Å²) in [5, 5.41) is 2.45. The maximum absolute atomic E-state index is 5.32. The first kappa shape index (κ1) is 19.2. The van der Waals surface area contributed by atoms with Crippen LogP contribution in [0.3, 0.4) is 0 Å². The van der Waals surface area contributed by atoms with Gasteiger partial charge in [0.25, 0.3) is 0 Å². The molecule has 0 aliphatic rings. The zero-order valence-electron chi connectivity index (χ0n) is 18.1. The zero-order chi connectivity index (χ0) is 21.4. The highest BCUT2D eigenvalue weighted by molar-refractivity contribution is 5.96. The fourth-order valence-electron chi connectivity index (χ4n) is 4.36. The number of fused-ring (bicyclic) bond motifs is 1. The Labute approximate surface area is 183 Å². The SMILES string of the molecule is Cc1ccccc1-c1c(-c2ccccc2)nc(-c2cccc3ccccc23)c(C)[n+]1C. The summed E-state index contributed by atoms with van der Waals surface area (Å²) >= 11 is 0. The third-order valence-corrected chi connectivity index (χ3v) is 6.12. The normalized spacial score (nSPS) is 11.1. The van der Waals surface area contributed by atoms with Crippen molar-refractivity contribution in [2.75, 3.05) is 0 Å². The molecule has 2 heteroatoms. The minimum absolute atomic E-state index is 1.01. The number of hydrogen-bond donors (Lipinski definition) is 0. The Bertz CT molecular complexity index is 1400. The summed E-state index contributed by atoms with van der Waals surface area (Å²) in [7, 11) is 2.15. The molecule has 0 fully saturated rings. The Morgan fingerprint density at radius 1 is 0.613 bits per heavy atom. The quantitative estimate of drug-likeness (QED) is 0.308. The summed E-state index contributed by atoms with van der Waals surface area (Å²) < 4.78 is 2.30. The van der Waals surface area contributed by atoms with Gasteiger partial charge >= 0.3 is 0 Å². The van der Waals surface area contributed by atoms with Gasteiger partial charge in [-0.1, -0.05) is 91.0 Å². The van der Waals surface area contributed by atoms with E-state index < -0.39 is 0 Å². The number of nitrogens with zero attached hydrogens (tertiary/aromatic N) is 2. The lowest BCUT2D eigenvalue weighted by atomic mass is 9.97. The highest BCUT2D eigenvalue weighted by Gasteiger charge is 2.26. The van der Waals surface area contributed by atoms with Gasteiger partial charge in [-0.3, -0.25) is 0 Å². The Hall–Kier alpha value is -3.78. The van der Waals surface area contributed by atoms with Crippen molar-refractivity contribution < 1.29 is 4.57 Å². The van der Waals surface area contributed by atoms with Crippen molar-refractivity contribution in [3.05, 3.63) is 108 Å². The molecule has 5 aromatic rings. The van der Waals surface area contributed by atoms with Crippen LogP contribution in [0.25, 0.3) is 44.5 Å². The Morgan fingerprint density at radius 2 is 1.26 bits per heavy atom. The van der Waals surface area contributed by atoms with Gasteiger partial charge in [0.1, 0.15) is 18.4 Å². The van der Waals surface area contributed by atoms with Crippen molar-refractivity contribution >= 4 is 10.8 Å². The van der Waals surface area contributed by atoms with Crippen molar-refractivity contribution in [1.82, 2.24) is 4.98 Å². The van der Waals surface area contributed by atoms with E-state index in [0.717, 1.165) is 28.3 Å². The van der Waals surface area contributed by atoms with E-state index in [1.165, 1.54) is 27.5 Å². The fourth-order valence-corrected chi connectivity index (χ4v) is 4.36. The highest BCUT2D eigenvalue weighted by atomic mass is 15.0. The van der Waals surface area contributed by atoms with Crippen LogP contribution in [0, 0.1) is 13.8 Å². The van der Waals surface area contributed by atoms with Crippen LogP contribution in [0.15, 0.2) is 97.1 Å². The summed E-state index contributed by atoms with van der Waals surface area (Å²) in [4.78, 5) is 5.32. The molecule has 0 atom stereocenters. The summed E-state index contributed by atoms with van der Waals surface area (Å²) in [5.74, 6) is 0. The van der Waals surface area contributed by atoms with Gasteiger partial charge in [0.05, 0.1) is 5.56 Å². The van der Waals surface area contributed by atoms with E-state index in [2.05, 4.69) is 123 Å². The monoisotopic (exact) mass is 401 g/mol. The van der Waals surface area contributed by atoms with Crippen LogP contribution in [0.1, 0.15) is 11.3 Å². The molecular formula is C29H25N2+. The molecule has 31 heavy (non-hydrogen) atoms. The molecule has 4 aromatic carbocycles. The Balaban J connectivity index is 1.88. The molecule has 0 unspecified atom stereocenters. The van der Waals surface area contributed by atoms with E-state index in [0.29, 0.717) is 0 Å². The minimum Gasteiger partial charge on any atom is -0.234 e. The maximum atomic E-state index is 5.32. The van der Waals surface area contributed by atoms with Crippen LogP contribution in [0.5, 0.6) is 0 Å². The molecule has 0 spiro atoms. The van der Waals surface area contributed by atoms with Crippen LogP contribution in [-0.2, 0) is 7.05 Å². The van der Waals surface area contributed by atoms with Gasteiger partial charge in [0.15, 0.2) is 0 Å². The molecule has 0 saturated heterocycles. The van der Waals surface area contributed by atoms with E-state index in [-0.39, 0.29) is 0 Å². The number of aryl methyl sites for hydroxylation is 1. The first-order chi connectivity index (χ1) is 15.1. The third-order valence-electron chi connectivity index (χ3n) is 6.12. The third kappa shape index (κ3) is 3.30. The van der Waals surface area contributed by atoms with Crippen molar-refractivity contribution in [2.45, 2.75) is 13.8 Å². The van der Waals surface area contributed by atoms with Crippen LogP contribution in [-0.4, -0.2) is 4.98 Å². The van der Waals surface area contributed by atoms with Gasteiger partial charge in [0, 0.05) is 18.1 Å². The number of rotatable bonds is 3. The summed E-state index contributed by atoms with van der Waals surface area (Å²) in [6.07, 6.45) is 0. The van der Waals surface area contributed by atoms with Crippen LogP contribution >= 0.6 is 0 Å². The number of hydrogen-bond acceptors (Lipinski definition) is 1. The van der Waals surface area contributed by atoms with Crippen LogP contribution < -0.4 is 4.57 Å². The predicted molar refractivity (Wildman–Crippen MR) is 129 cm³/mol. The molecule has 5 rings (SSSR count). The molecule has 150 valence electrons. The topological polar surface area (TPSA) is 16.8 Å². The molecule has 0 saturated carbocycles. The second kappa shape index (κ2) is 7.81. The second-order valence-corrected chi connectivity index (χ2v) is 8.01. The minimum atomic E-state index is 1.01. The van der Waals surface area contributed by atoms with Crippen LogP contribution in [0.2, 0.25) is 0 Å². The summed E-state index contributed by atoms with van der Waals surface area (Å²) in [6, 6.07) is 34.0. The molecule has 0 aliphatic carbocycles. The average molecular weight is 402 g/mol. The van der Waals surface area contributed by atoms with Crippen molar-refractivity contribution in [3.8, 4) is 33.8 Å². The van der Waals surface area contributed by atoms with Gasteiger partial charge in [-0.05, 0) is 29.3 Å². The first-order valence-corrected chi connectivity index (χ1v) is 10.7. The van der Waals surface area contributed by atoms with E-state index in [4.69, 9.17) is 4.98 Å². The van der Waals surface area contributed by atoms with Crippen LogP contribution in [0.4, 0.5) is 0 Å². The molecule has 0 amide bonds. The van der Waals surface area contributed by atoms with Gasteiger partial charge in [-0.25, -0.2) is 4.98 Å². The molecule has 0 radical (unpaired) electrons. The van der Waals surface area contributed by atoms with Gasteiger partial charge < -0.3 is 0 Å². The lowest BCUT2D eigenvalue weighted by Crippen LogP contribution is -2.37. The predicted octanol–water partition coefficient (Wildman–Crippen LogP) is 6.68. The lowest BCUT2D eigenvalue weighted by Gasteiger charge is -2.15. The molecule has 2 nitrogen and oxygen atoms in total. The molecule has 1 aromatic heterocycles. The number of aromatic nitrogens is 2. The summed E-state index contributed by atoms with van der Waals surface area (Å²) in [6.45, 7) is 4.33. The van der Waals surface area contributed by atoms with Crippen molar-refractivity contribution in [1.29, 1.82) is 0 Å². The lowest BCUT2D eigenvalue weighted by molar-refractivity contribution is -0.666. The van der Waals surface area contributed by atoms with E-state index in [1.54, 1.807) is 0 Å². The van der Waals surface area contributed by atoms with E-state index in [1.807, 2.05) is 0 Å². The van der Waals surface area contributed by atoms with Crippen molar-refractivity contribution in [2.24, 2.45) is 7.05 Å². The maximum Gasteiger partial charge on any atom is 0.239 e. The van der Waals surface area contributed by atoms with E-state index in [9.17, 15) is 0 Å². The Morgan fingerprint density at radius 3 is 2.06 bits per heavy atom. The van der Waals surface area contributed by atoms with Crippen molar-refractivity contribution in [3.63, 3.8) is 0 Å². The molecule has 0 aliphatic heterocycles. The largest absolute Gasteiger partial charge is 0.239 e. The smallest absolute Gasteiger partial charge is 0.234 e. The Kier molecular flexibility index (Phi) is 4.83. The van der Waals surface area contributed by atoms with E-state index >= 15 is 0 Å². The highest BCUT2D eigenvalue weighted by Crippen LogP contribution is 2.35. The first-order valence-electron chi connectivity index (χ1n) is 10.7. The number of benzene rings is 4. The molecule has 1 heterocycles. The second-order valence-electron chi connectivity index (χ2n) is 8.01. The molecule has 0 bridgehead atoms. The van der Waals surface area contributed by atoms with Gasteiger partial charge in [-0.15, -0.1) is 0 Å². The van der Waals surface area contributed by atoms with Gasteiger partial charge in [-0.2, -0.15) is 4.57 Å². The summed E-state index contributed by atoms with van der Waals surface area (Å²) in [5.41, 5.74) is 9.07. The van der Waals surface area contributed by atoms with Gasteiger partial charge in [0.2, 0.25) is 11.4 Å². The molecular weight excluding hydrogens is 376 g/mol. The fraction of sp³-hybridized carbons (Fsp3) is 0.103. The molecule has 0 N–H and O–H groups in total.